The van der Waals surface area contributed by atoms with Crippen molar-refractivity contribution in [1.29, 1.82) is 0 Å². The van der Waals surface area contributed by atoms with Gasteiger partial charge < -0.3 is 10.6 Å². The second-order valence-electron chi connectivity index (χ2n) is 5.12. The molecule has 2 aromatic heterocycles. The molecule has 0 saturated heterocycles. The van der Waals surface area contributed by atoms with Crippen molar-refractivity contribution in [2.24, 2.45) is 0 Å². The summed E-state index contributed by atoms with van der Waals surface area (Å²) in [7, 11) is 1.39. The summed E-state index contributed by atoms with van der Waals surface area (Å²) in [5.41, 5.74) is 1.19. The average molecular weight is 329 g/mol. The fourth-order valence-electron chi connectivity index (χ4n) is 2.14. The van der Waals surface area contributed by atoms with E-state index in [1.807, 2.05) is 6.92 Å². The maximum absolute atomic E-state index is 12.8. The van der Waals surface area contributed by atoms with Crippen LogP contribution in [0, 0.1) is 6.92 Å². The van der Waals surface area contributed by atoms with Crippen molar-refractivity contribution in [3.8, 4) is 0 Å². The molecule has 5 nitrogen and oxygen atoms in total. The van der Waals surface area contributed by atoms with Crippen LogP contribution < -0.4 is 10.6 Å². The van der Waals surface area contributed by atoms with Gasteiger partial charge in [0.05, 0.1) is 5.69 Å². The summed E-state index contributed by atoms with van der Waals surface area (Å²) in [4.78, 5) is 7.65. The molecule has 2 heterocycles. The Kier molecular flexibility index (Phi) is 3.67. The van der Waals surface area contributed by atoms with Crippen LogP contribution in [0.15, 0.2) is 6.20 Å². The molecule has 0 spiro atoms. The maximum atomic E-state index is 12.8. The smallest absolute Gasteiger partial charge is 0.372 e. The molecule has 3 rings (SSSR count). The molecule has 0 bridgehead atoms. The van der Waals surface area contributed by atoms with Crippen LogP contribution >= 0.6 is 11.5 Å². The van der Waals surface area contributed by atoms with E-state index in [4.69, 9.17) is 0 Å². The van der Waals surface area contributed by atoms with Crippen LogP contribution in [0.5, 0.6) is 0 Å². The van der Waals surface area contributed by atoms with Gasteiger partial charge in [0.1, 0.15) is 16.4 Å². The maximum Gasteiger partial charge on any atom is 0.421 e. The highest BCUT2D eigenvalue weighted by Gasteiger charge is 2.35. The Hall–Kier alpha value is -1.90. The van der Waals surface area contributed by atoms with Gasteiger partial charge in [-0.25, -0.2) is 4.98 Å². The standard InChI is InChI=1S/C13H14F3N5S/c1-6-9(7-3-4-7)21-22-11(6)20-12-18-5-8(13(14,15)16)10(17-2)19-12/h5,7H,3-4H2,1-2H3,(H2,17,18,19,20). The van der Waals surface area contributed by atoms with Gasteiger partial charge in [-0.15, -0.1) is 0 Å². The molecule has 1 fully saturated rings. The number of hydrogen-bond acceptors (Lipinski definition) is 6. The lowest BCUT2D eigenvalue weighted by Crippen LogP contribution is -2.12. The van der Waals surface area contributed by atoms with Crippen molar-refractivity contribution >= 4 is 28.3 Å². The molecule has 118 valence electrons. The molecule has 0 amide bonds. The van der Waals surface area contributed by atoms with Gasteiger partial charge in [-0.1, -0.05) is 0 Å². The largest absolute Gasteiger partial charge is 0.421 e. The van der Waals surface area contributed by atoms with Crippen molar-refractivity contribution in [3.05, 3.63) is 23.0 Å². The first-order valence-electron chi connectivity index (χ1n) is 6.75. The Bertz CT molecular complexity index is 693. The van der Waals surface area contributed by atoms with Gasteiger partial charge in [0.25, 0.3) is 0 Å². The van der Waals surface area contributed by atoms with E-state index < -0.39 is 11.7 Å². The van der Waals surface area contributed by atoms with E-state index in [0.29, 0.717) is 5.92 Å². The molecule has 1 aliphatic rings. The molecule has 2 aromatic rings. The topological polar surface area (TPSA) is 62.7 Å². The highest BCUT2D eigenvalue weighted by Crippen LogP contribution is 2.44. The number of aromatic nitrogens is 3. The molecular weight excluding hydrogens is 315 g/mol. The number of anilines is 3. The predicted octanol–water partition coefficient (Wildman–Crippen LogP) is 3.92. The normalized spacial score (nSPS) is 15.0. The monoisotopic (exact) mass is 329 g/mol. The average Bonchev–Trinajstić information content (AvgIpc) is 3.24. The zero-order valence-corrected chi connectivity index (χ0v) is 12.8. The summed E-state index contributed by atoms with van der Waals surface area (Å²) in [5.74, 6) is 0.384. The van der Waals surface area contributed by atoms with Crippen LogP contribution in [-0.2, 0) is 6.18 Å². The van der Waals surface area contributed by atoms with Crippen LogP contribution in [0.3, 0.4) is 0 Å². The second-order valence-corrected chi connectivity index (χ2v) is 5.90. The van der Waals surface area contributed by atoms with E-state index in [1.54, 1.807) is 0 Å². The van der Waals surface area contributed by atoms with Crippen LogP contribution in [0.2, 0.25) is 0 Å². The van der Waals surface area contributed by atoms with Crippen LogP contribution in [0.25, 0.3) is 0 Å². The van der Waals surface area contributed by atoms with Crippen LogP contribution in [0.1, 0.15) is 35.6 Å². The van der Waals surface area contributed by atoms with Gasteiger partial charge >= 0.3 is 6.18 Å². The zero-order chi connectivity index (χ0) is 15.9. The summed E-state index contributed by atoms with van der Waals surface area (Å²) < 4.78 is 42.8. The number of hydrogen-bond donors (Lipinski definition) is 2. The van der Waals surface area contributed by atoms with E-state index in [2.05, 4.69) is 25.0 Å². The third-order valence-corrected chi connectivity index (χ3v) is 4.36. The Labute approximate surface area is 129 Å². The molecule has 0 aromatic carbocycles. The quantitative estimate of drug-likeness (QED) is 0.890. The minimum Gasteiger partial charge on any atom is -0.372 e. The molecule has 0 aliphatic heterocycles. The first kappa shape index (κ1) is 15.0. The number of alkyl halides is 3. The lowest BCUT2D eigenvalue weighted by molar-refractivity contribution is -0.137. The van der Waals surface area contributed by atoms with Crippen molar-refractivity contribution in [2.75, 3.05) is 17.7 Å². The molecule has 0 radical (unpaired) electrons. The highest BCUT2D eigenvalue weighted by atomic mass is 32.1. The van der Waals surface area contributed by atoms with E-state index >= 15 is 0 Å². The highest BCUT2D eigenvalue weighted by molar-refractivity contribution is 7.10. The van der Waals surface area contributed by atoms with Gasteiger partial charge in [-0.05, 0) is 31.3 Å². The molecule has 0 unspecified atom stereocenters. The minimum absolute atomic E-state index is 0.117. The molecule has 1 aliphatic carbocycles. The van der Waals surface area contributed by atoms with Gasteiger partial charge in [0.15, 0.2) is 0 Å². The predicted molar refractivity (Wildman–Crippen MR) is 78.7 cm³/mol. The SMILES string of the molecule is CNc1nc(Nc2snc(C3CC3)c2C)ncc1C(F)(F)F. The molecular formula is C13H14F3N5S. The lowest BCUT2D eigenvalue weighted by atomic mass is 10.2. The minimum atomic E-state index is -4.49. The molecule has 0 atom stereocenters. The van der Waals surface area contributed by atoms with Crippen molar-refractivity contribution in [3.63, 3.8) is 0 Å². The van der Waals surface area contributed by atoms with E-state index in [-0.39, 0.29) is 11.8 Å². The summed E-state index contributed by atoms with van der Waals surface area (Å²) in [6.07, 6.45) is -1.43. The van der Waals surface area contributed by atoms with Gasteiger partial charge in [0.2, 0.25) is 5.95 Å². The van der Waals surface area contributed by atoms with Crippen molar-refractivity contribution < 1.29 is 13.2 Å². The summed E-state index contributed by atoms with van der Waals surface area (Å²) in [6, 6.07) is 0. The van der Waals surface area contributed by atoms with Gasteiger partial charge in [-0.3, -0.25) is 0 Å². The third-order valence-electron chi connectivity index (χ3n) is 3.48. The molecule has 1 saturated carbocycles. The Morgan fingerprint density at radius 1 is 1.32 bits per heavy atom. The zero-order valence-electron chi connectivity index (χ0n) is 12.0. The number of rotatable bonds is 4. The van der Waals surface area contributed by atoms with Crippen LogP contribution in [-0.4, -0.2) is 21.4 Å². The first-order chi connectivity index (χ1) is 10.4. The number of nitrogens with one attached hydrogen (secondary N) is 2. The molecule has 2 N–H and O–H groups in total. The van der Waals surface area contributed by atoms with Crippen molar-refractivity contribution in [1.82, 2.24) is 14.3 Å². The summed E-state index contributed by atoms with van der Waals surface area (Å²) >= 11 is 1.28. The summed E-state index contributed by atoms with van der Waals surface area (Å²) in [6.45, 7) is 1.95. The molecule has 22 heavy (non-hydrogen) atoms. The van der Waals surface area contributed by atoms with Crippen molar-refractivity contribution in [2.45, 2.75) is 31.9 Å². The lowest BCUT2D eigenvalue weighted by Gasteiger charge is -2.12. The van der Waals surface area contributed by atoms with Crippen LogP contribution in [0.4, 0.5) is 29.9 Å². The van der Waals surface area contributed by atoms with E-state index in [1.165, 1.54) is 18.6 Å². The molecule has 9 heteroatoms. The Morgan fingerprint density at radius 2 is 2.05 bits per heavy atom. The first-order valence-corrected chi connectivity index (χ1v) is 7.52. The Morgan fingerprint density at radius 3 is 2.64 bits per heavy atom. The fourth-order valence-corrected chi connectivity index (χ4v) is 3.00. The number of nitrogens with zero attached hydrogens (tertiary/aromatic N) is 3. The third kappa shape index (κ3) is 2.85. The van der Waals surface area contributed by atoms with E-state index in [0.717, 1.165) is 35.3 Å². The Balaban J connectivity index is 1.86. The van der Waals surface area contributed by atoms with E-state index in [9.17, 15) is 13.2 Å². The fraction of sp³-hybridized carbons (Fsp3) is 0.462. The van der Waals surface area contributed by atoms with Gasteiger partial charge in [0, 0.05) is 24.7 Å². The summed E-state index contributed by atoms with van der Waals surface area (Å²) in [5, 5.41) is 6.18. The number of halogens is 3. The second kappa shape index (κ2) is 5.38. The van der Waals surface area contributed by atoms with Gasteiger partial charge in [-0.2, -0.15) is 22.5 Å².